The van der Waals surface area contributed by atoms with Gasteiger partial charge in [-0.05, 0) is 42.5 Å². The van der Waals surface area contributed by atoms with Crippen molar-refractivity contribution in [3.05, 3.63) is 16.7 Å². The smallest absolute Gasteiger partial charge is 0.238 e. The molecule has 2 rings (SSSR count). The van der Waals surface area contributed by atoms with Gasteiger partial charge >= 0.3 is 0 Å². The van der Waals surface area contributed by atoms with Gasteiger partial charge in [0.1, 0.15) is 5.69 Å². The van der Waals surface area contributed by atoms with Crippen LogP contribution in [0.2, 0.25) is 0 Å². The van der Waals surface area contributed by atoms with Crippen LogP contribution in [0, 0.1) is 0 Å². The molecule has 124 valence electrons. The van der Waals surface area contributed by atoms with Crippen LogP contribution in [-0.2, 0) is 4.74 Å². The van der Waals surface area contributed by atoms with Crippen molar-refractivity contribution in [3.63, 3.8) is 0 Å². The molecule has 1 fully saturated rings. The van der Waals surface area contributed by atoms with Crippen LogP contribution in [0.5, 0.6) is 5.88 Å². The van der Waals surface area contributed by atoms with E-state index < -0.39 is 0 Å². The average molecular weight is 391 g/mol. The summed E-state index contributed by atoms with van der Waals surface area (Å²) < 4.78 is 17.7. The first kappa shape index (κ1) is 17.8. The van der Waals surface area contributed by atoms with Gasteiger partial charge in [-0.3, -0.25) is 0 Å². The van der Waals surface area contributed by atoms with Crippen molar-refractivity contribution in [1.29, 1.82) is 0 Å². The number of rotatable bonds is 8. The number of hydrogen-bond acceptors (Lipinski definition) is 7. The zero-order chi connectivity index (χ0) is 15.8. The molecule has 0 amide bonds. The number of hydrogen-bond donors (Lipinski definition) is 1. The molecular weight excluding hydrogens is 368 g/mol. The molecule has 1 aliphatic heterocycles. The number of morpholine rings is 1. The van der Waals surface area contributed by atoms with Gasteiger partial charge in [-0.1, -0.05) is 0 Å². The van der Waals surface area contributed by atoms with Crippen LogP contribution in [0.3, 0.4) is 0 Å². The van der Waals surface area contributed by atoms with Gasteiger partial charge in [-0.2, -0.15) is 0 Å². The normalized spacial score (nSPS) is 16.0. The van der Waals surface area contributed by atoms with Gasteiger partial charge in [0.15, 0.2) is 0 Å². The highest BCUT2D eigenvalue weighted by molar-refractivity contribution is 9.10. The maximum atomic E-state index is 5.80. The Balaban J connectivity index is 1.86. The second-order valence-corrected chi connectivity index (χ2v) is 7.07. The number of nitrogens with one attached hydrogen (secondary N) is 1. The summed E-state index contributed by atoms with van der Waals surface area (Å²) in [7, 11) is 4.12. The monoisotopic (exact) mass is 390 g/mol. The molecule has 1 aromatic heterocycles. The fourth-order valence-electron chi connectivity index (χ4n) is 1.92. The first-order chi connectivity index (χ1) is 10.6. The number of nitrogens with zero attached hydrogens (tertiary/aromatic N) is 3. The fourth-order valence-corrected chi connectivity index (χ4v) is 2.95. The van der Waals surface area contributed by atoms with E-state index in [0.29, 0.717) is 12.5 Å². The van der Waals surface area contributed by atoms with Crippen LogP contribution in [0.4, 0.5) is 5.69 Å². The van der Waals surface area contributed by atoms with Gasteiger partial charge in [0.05, 0.1) is 19.8 Å². The summed E-state index contributed by atoms with van der Waals surface area (Å²) in [5, 5.41) is 0. The van der Waals surface area contributed by atoms with E-state index in [1.54, 1.807) is 18.3 Å². The van der Waals surface area contributed by atoms with Gasteiger partial charge in [0, 0.05) is 42.4 Å². The minimum atomic E-state index is 0.641. The summed E-state index contributed by atoms with van der Waals surface area (Å²) in [5.74, 6) is 0.641. The van der Waals surface area contributed by atoms with E-state index in [9.17, 15) is 0 Å². The van der Waals surface area contributed by atoms with Crippen LogP contribution < -0.4 is 9.46 Å². The summed E-state index contributed by atoms with van der Waals surface area (Å²) in [6, 6.07) is 1.99. The predicted octanol–water partition coefficient (Wildman–Crippen LogP) is 2.48. The van der Waals surface area contributed by atoms with Crippen LogP contribution in [0.1, 0.15) is 6.42 Å². The van der Waals surface area contributed by atoms with Gasteiger partial charge in [-0.25, -0.2) is 9.29 Å². The molecule has 8 heteroatoms. The number of ether oxygens (including phenoxy) is 2. The predicted molar refractivity (Wildman–Crippen MR) is 94.2 cm³/mol. The summed E-state index contributed by atoms with van der Waals surface area (Å²) in [6.07, 6.45) is 2.73. The summed E-state index contributed by atoms with van der Waals surface area (Å²) in [5.41, 5.74) is 0.885. The Morgan fingerprint density at radius 3 is 2.95 bits per heavy atom. The first-order valence-corrected chi connectivity index (χ1v) is 8.90. The molecule has 2 heterocycles. The zero-order valence-corrected chi connectivity index (χ0v) is 15.5. The largest absolute Gasteiger partial charge is 0.476 e. The van der Waals surface area contributed by atoms with Gasteiger partial charge in [-0.15, -0.1) is 0 Å². The Morgan fingerprint density at radius 1 is 1.45 bits per heavy atom. The third-order valence-corrected chi connectivity index (χ3v) is 4.43. The number of anilines is 1. The van der Waals surface area contributed by atoms with Gasteiger partial charge < -0.3 is 19.1 Å². The third-order valence-electron chi connectivity index (χ3n) is 3.06. The molecule has 1 N–H and O–H groups in total. The average Bonchev–Trinajstić information content (AvgIpc) is 2.52. The number of halogens is 1. The molecule has 0 aliphatic carbocycles. The second-order valence-electron chi connectivity index (χ2n) is 5.25. The summed E-state index contributed by atoms with van der Waals surface area (Å²) >= 11 is 5.03. The molecule has 1 saturated heterocycles. The molecular formula is C14H23BrN4O2S. The quantitative estimate of drug-likeness (QED) is 0.540. The molecule has 0 bridgehead atoms. The van der Waals surface area contributed by atoms with E-state index in [1.807, 2.05) is 6.07 Å². The second kappa shape index (κ2) is 9.57. The van der Waals surface area contributed by atoms with Crippen molar-refractivity contribution in [2.75, 3.05) is 58.3 Å². The Labute approximate surface area is 144 Å². The summed E-state index contributed by atoms with van der Waals surface area (Å²) in [6.45, 7) is 5.04. The number of pyridine rings is 1. The minimum Gasteiger partial charge on any atom is -0.476 e. The Morgan fingerprint density at radius 2 is 2.23 bits per heavy atom. The fraction of sp³-hybridized carbons (Fsp3) is 0.643. The lowest BCUT2D eigenvalue weighted by molar-refractivity contribution is 0.0775. The van der Waals surface area contributed by atoms with E-state index >= 15 is 0 Å². The molecule has 0 radical (unpaired) electrons. The molecule has 1 aromatic rings. The van der Waals surface area contributed by atoms with Crippen LogP contribution in [0.15, 0.2) is 16.7 Å². The van der Waals surface area contributed by atoms with Gasteiger partial charge in [0.25, 0.3) is 0 Å². The highest BCUT2D eigenvalue weighted by Crippen LogP contribution is 2.28. The molecule has 0 aromatic carbocycles. The lowest BCUT2D eigenvalue weighted by Crippen LogP contribution is -2.32. The van der Waals surface area contributed by atoms with Crippen molar-refractivity contribution in [3.8, 4) is 5.88 Å². The molecule has 0 atom stereocenters. The molecule has 0 saturated carbocycles. The first-order valence-electron chi connectivity index (χ1n) is 7.34. The molecule has 0 unspecified atom stereocenters. The Bertz CT molecular complexity index is 458. The third kappa shape index (κ3) is 6.29. The number of aromatic nitrogens is 1. The van der Waals surface area contributed by atoms with Crippen LogP contribution in [0.25, 0.3) is 0 Å². The van der Waals surface area contributed by atoms with E-state index in [4.69, 9.17) is 9.47 Å². The van der Waals surface area contributed by atoms with Crippen molar-refractivity contribution in [1.82, 2.24) is 14.2 Å². The Hall–Kier alpha value is -0.540. The van der Waals surface area contributed by atoms with Crippen molar-refractivity contribution >= 4 is 33.8 Å². The van der Waals surface area contributed by atoms with E-state index in [-0.39, 0.29) is 0 Å². The van der Waals surface area contributed by atoms with Crippen molar-refractivity contribution < 1.29 is 9.47 Å². The van der Waals surface area contributed by atoms with E-state index in [2.05, 4.69) is 48.9 Å². The standard InChI is InChI=1S/C14H23BrN4O2S/c1-18(2)4-3-7-21-14-13(10-12(15)11-16-14)17-22-19-5-8-20-9-6-19/h10-11,17H,3-9H2,1-2H3. The SMILES string of the molecule is CN(C)CCCOc1ncc(Br)cc1NSN1CCOCC1. The van der Waals surface area contributed by atoms with Crippen molar-refractivity contribution in [2.45, 2.75) is 6.42 Å². The van der Waals surface area contributed by atoms with Crippen LogP contribution >= 0.6 is 28.1 Å². The van der Waals surface area contributed by atoms with Gasteiger partial charge in [0.2, 0.25) is 5.88 Å². The maximum Gasteiger partial charge on any atom is 0.238 e. The van der Waals surface area contributed by atoms with E-state index in [0.717, 1.165) is 49.4 Å². The lowest BCUT2D eigenvalue weighted by Gasteiger charge is -2.25. The molecule has 22 heavy (non-hydrogen) atoms. The summed E-state index contributed by atoms with van der Waals surface area (Å²) in [4.78, 5) is 6.50. The highest BCUT2D eigenvalue weighted by Gasteiger charge is 2.13. The maximum absolute atomic E-state index is 5.80. The molecule has 1 aliphatic rings. The molecule has 0 spiro atoms. The lowest BCUT2D eigenvalue weighted by atomic mass is 10.4. The Kier molecular flexibility index (Phi) is 7.74. The minimum absolute atomic E-state index is 0.641. The zero-order valence-electron chi connectivity index (χ0n) is 13.0. The van der Waals surface area contributed by atoms with Crippen LogP contribution in [-0.4, -0.2) is 67.7 Å². The van der Waals surface area contributed by atoms with E-state index in [1.165, 1.54) is 0 Å². The molecule has 6 nitrogen and oxygen atoms in total. The highest BCUT2D eigenvalue weighted by atomic mass is 79.9. The topological polar surface area (TPSA) is 49.9 Å². The van der Waals surface area contributed by atoms with Crippen molar-refractivity contribution in [2.24, 2.45) is 0 Å².